The summed E-state index contributed by atoms with van der Waals surface area (Å²) >= 11 is 12.0. The van der Waals surface area contributed by atoms with Crippen molar-refractivity contribution in [1.82, 2.24) is 9.55 Å². The summed E-state index contributed by atoms with van der Waals surface area (Å²) in [5.41, 5.74) is 1.75. The number of benzene rings is 1. The zero-order valence-electron chi connectivity index (χ0n) is 8.24. The molecule has 0 unspecified atom stereocenters. The largest absolute Gasteiger partial charge is 0.311 e. The minimum atomic E-state index is 0.338. The lowest BCUT2D eigenvalue weighted by Gasteiger charge is -2.01. The van der Waals surface area contributed by atoms with Crippen LogP contribution >= 0.6 is 23.2 Å². The van der Waals surface area contributed by atoms with E-state index >= 15 is 0 Å². The second-order valence-electron chi connectivity index (χ2n) is 3.19. The number of hydrogen-bond donors (Lipinski definition) is 0. The minimum absolute atomic E-state index is 0.338. The van der Waals surface area contributed by atoms with Gasteiger partial charge >= 0.3 is 0 Å². The van der Waals surface area contributed by atoms with Gasteiger partial charge in [-0.25, -0.2) is 4.98 Å². The molecule has 0 radical (unpaired) electrons. The highest BCUT2D eigenvalue weighted by atomic mass is 35.5. The van der Waals surface area contributed by atoms with E-state index in [4.69, 9.17) is 28.5 Å². The van der Waals surface area contributed by atoms with Gasteiger partial charge in [0.2, 0.25) is 5.28 Å². The average Bonchev–Trinajstić information content (AvgIpc) is 2.59. The highest BCUT2D eigenvalue weighted by Gasteiger charge is 2.13. The molecule has 1 heterocycles. The summed E-state index contributed by atoms with van der Waals surface area (Å²) < 4.78 is 1.77. The van der Waals surface area contributed by atoms with Gasteiger partial charge in [-0.1, -0.05) is 17.7 Å². The van der Waals surface area contributed by atoms with E-state index in [0.717, 1.165) is 5.52 Å². The molecule has 1 aromatic carbocycles. The molecule has 0 aliphatic carbocycles. The molecule has 0 fully saturated rings. The predicted octanol–water partition coefficient (Wildman–Crippen LogP) is 3.40. The van der Waals surface area contributed by atoms with Crippen LogP contribution in [-0.2, 0) is 6.54 Å². The fourth-order valence-electron chi connectivity index (χ4n) is 1.52. The van der Waals surface area contributed by atoms with E-state index in [2.05, 4.69) is 11.6 Å². The zero-order valence-corrected chi connectivity index (χ0v) is 9.76. The fraction of sp³-hybridized carbons (Fsp3) is 0.0909. The van der Waals surface area contributed by atoms with E-state index in [1.165, 1.54) is 0 Å². The summed E-state index contributed by atoms with van der Waals surface area (Å²) in [6.45, 7) is 4.20. The number of nitriles is 1. The number of aromatic nitrogens is 2. The van der Waals surface area contributed by atoms with Gasteiger partial charge in [0, 0.05) is 6.54 Å². The maximum Gasteiger partial charge on any atom is 0.204 e. The Labute approximate surface area is 103 Å². The molecule has 0 bridgehead atoms. The van der Waals surface area contributed by atoms with E-state index in [-0.39, 0.29) is 0 Å². The summed E-state index contributed by atoms with van der Waals surface area (Å²) in [5.74, 6) is 0. The Morgan fingerprint density at radius 2 is 2.25 bits per heavy atom. The second-order valence-corrected chi connectivity index (χ2v) is 3.90. The highest BCUT2D eigenvalue weighted by molar-refractivity contribution is 6.37. The van der Waals surface area contributed by atoms with Crippen LogP contribution < -0.4 is 0 Å². The molecule has 0 saturated carbocycles. The van der Waals surface area contributed by atoms with Crippen LogP contribution in [-0.4, -0.2) is 9.55 Å². The first-order valence-corrected chi connectivity index (χ1v) is 5.30. The monoisotopic (exact) mass is 251 g/mol. The molecule has 5 heteroatoms. The molecular formula is C11H7Cl2N3. The SMILES string of the molecule is C=CCn1c(Cl)nc2c(Cl)c(C#N)ccc21. The van der Waals surface area contributed by atoms with Gasteiger partial charge in [-0.05, 0) is 23.7 Å². The van der Waals surface area contributed by atoms with Gasteiger partial charge in [0.25, 0.3) is 0 Å². The number of nitrogens with zero attached hydrogens (tertiary/aromatic N) is 3. The first-order chi connectivity index (χ1) is 7.69. The van der Waals surface area contributed by atoms with E-state index in [0.29, 0.717) is 27.9 Å². The summed E-state index contributed by atoms with van der Waals surface area (Å²) in [5, 5.41) is 9.52. The first kappa shape index (κ1) is 11.0. The Morgan fingerprint density at radius 1 is 1.50 bits per heavy atom. The Balaban J connectivity index is 2.79. The Hall–Kier alpha value is -1.50. The molecular weight excluding hydrogens is 245 g/mol. The van der Waals surface area contributed by atoms with Crippen LogP contribution in [0.4, 0.5) is 0 Å². The molecule has 0 spiro atoms. The van der Waals surface area contributed by atoms with Crippen molar-refractivity contribution in [2.75, 3.05) is 0 Å². The van der Waals surface area contributed by atoms with E-state index < -0.39 is 0 Å². The van der Waals surface area contributed by atoms with Gasteiger partial charge in [0.05, 0.1) is 16.1 Å². The van der Waals surface area contributed by atoms with Gasteiger partial charge in [0.15, 0.2) is 0 Å². The summed E-state index contributed by atoms with van der Waals surface area (Å²) in [7, 11) is 0. The normalized spacial score (nSPS) is 10.3. The number of halogens is 2. The molecule has 0 atom stereocenters. The van der Waals surface area contributed by atoms with Crippen molar-refractivity contribution in [2.45, 2.75) is 6.54 Å². The lowest BCUT2D eigenvalue weighted by Crippen LogP contribution is -1.94. The van der Waals surface area contributed by atoms with Crippen molar-refractivity contribution < 1.29 is 0 Å². The van der Waals surface area contributed by atoms with Crippen LogP contribution in [0.15, 0.2) is 24.8 Å². The number of imidazole rings is 1. The van der Waals surface area contributed by atoms with Crippen LogP contribution in [0.25, 0.3) is 11.0 Å². The van der Waals surface area contributed by atoms with Crippen LogP contribution in [0.1, 0.15) is 5.56 Å². The molecule has 2 rings (SSSR count). The molecule has 16 heavy (non-hydrogen) atoms. The lowest BCUT2D eigenvalue weighted by molar-refractivity contribution is 0.852. The fourth-order valence-corrected chi connectivity index (χ4v) is 2.01. The van der Waals surface area contributed by atoms with Crippen LogP contribution in [0.2, 0.25) is 10.3 Å². The maximum atomic E-state index is 8.84. The van der Waals surface area contributed by atoms with Crippen molar-refractivity contribution in [3.8, 4) is 6.07 Å². The molecule has 0 aliphatic heterocycles. The number of hydrogen-bond acceptors (Lipinski definition) is 2. The Bertz CT molecular complexity index is 608. The summed E-state index contributed by atoms with van der Waals surface area (Å²) in [6, 6.07) is 5.44. The quantitative estimate of drug-likeness (QED) is 0.768. The summed E-state index contributed by atoms with van der Waals surface area (Å²) in [4.78, 5) is 4.14. The van der Waals surface area contributed by atoms with Crippen molar-refractivity contribution in [3.05, 3.63) is 40.7 Å². The molecule has 2 aromatic rings. The third-order valence-electron chi connectivity index (χ3n) is 2.24. The van der Waals surface area contributed by atoms with Crippen molar-refractivity contribution >= 4 is 34.2 Å². The lowest BCUT2D eigenvalue weighted by atomic mass is 10.2. The Morgan fingerprint density at radius 3 is 2.88 bits per heavy atom. The molecule has 0 aliphatic rings. The zero-order chi connectivity index (χ0) is 11.7. The topological polar surface area (TPSA) is 41.6 Å². The third-order valence-corrected chi connectivity index (χ3v) is 2.92. The smallest absolute Gasteiger partial charge is 0.204 e. The average molecular weight is 252 g/mol. The standard InChI is InChI=1S/C11H7Cl2N3/c1-2-5-16-8-4-3-7(6-14)9(12)10(8)15-11(16)13/h2-4H,1,5H2. The first-order valence-electron chi connectivity index (χ1n) is 4.54. The van der Waals surface area contributed by atoms with Gasteiger partial charge < -0.3 is 4.57 Å². The van der Waals surface area contributed by atoms with Gasteiger partial charge in [0.1, 0.15) is 11.6 Å². The highest BCUT2D eigenvalue weighted by Crippen LogP contribution is 2.28. The van der Waals surface area contributed by atoms with Crippen molar-refractivity contribution in [1.29, 1.82) is 5.26 Å². The van der Waals surface area contributed by atoms with Gasteiger partial charge in [-0.3, -0.25) is 0 Å². The van der Waals surface area contributed by atoms with Crippen molar-refractivity contribution in [3.63, 3.8) is 0 Å². The second kappa shape index (κ2) is 4.17. The third kappa shape index (κ3) is 1.57. The van der Waals surface area contributed by atoms with E-state index in [1.807, 2.05) is 6.07 Å². The van der Waals surface area contributed by atoms with Gasteiger partial charge in [-0.2, -0.15) is 5.26 Å². The Kier molecular flexibility index (Phi) is 2.86. The van der Waals surface area contributed by atoms with Gasteiger partial charge in [-0.15, -0.1) is 6.58 Å². The van der Waals surface area contributed by atoms with E-state index in [9.17, 15) is 0 Å². The van der Waals surface area contributed by atoms with Crippen LogP contribution in [0.3, 0.4) is 0 Å². The molecule has 80 valence electrons. The molecule has 0 saturated heterocycles. The summed E-state index contributed by atoms with van der Waals surface area (Å²) in [6.07, 6.45) is 1.72. The van der Waals surface area contributed by atoms with Crippen LogP contribution in [0, 0.1) is 11.3 Å². The molecule has 3 nitrogen and oxygen atoms in total. The maximum absolute atomic E-state index is 8.84. The van der Waals surface area contributed by atoms with Crippen LogP contribution in [0.5, 0.6) is 0 Å². The minimum Gasteiger partial charge on any atom is -0.311 e. The van der Waals surface area contributed by atoms with E-state index in [1.54, 1.807) is 22.8 Å². The molecule has 0 N–H and O–H groups in total. The number of fused-ring (bicyclic) bond motifs is 1. The number of rotatable bonds is 2. The van der Waals surface area contributed by atoms with Crippen molar-refractivity contribution in [2.24, 2.45) is 0 Å². The predicted molar refractivity (Wildman–Crippen MR) is 64.7 cm³/mol. The number of allylic oxidation sites excluding steroid dienone is 1. The molecule has 1 aromatic heterocycles. The molecule has 0 amide bonds.